The maximum Gasteiger partial charge on any atom is 0.322 e. The Labute approximate surface area is 208 Å². The number of ether oxygens (including phenoxy) is 3. The number of benzene rings is 2. The number of nitrogens with zero attached hydrogens (tertiary/aromatic N) is 2. The van der Waals surface area contributed by atoms with Crippen molar-refractivity contribution in [3.8, 4) is 28.7 Å². The molecule has 0 atom stereocenters. The zero-order valence-electron chi connectivity index (χ0n) is 19.4. The second kappa shape index (κ2) is 13.1. The van der Waals surface area contributed by atoms with Crippen LogP contribution < -0.4 is 19.5 Å². The van der Waals surface area contributed by atoms with E-state index < -0.39 is 0 Å². The molecule has 0 bridgehead atoms. The van der Waals surface area contributed by atoms with Crippen LogP contribution in [0.2, 0.25) is 5.02 Å². The van der Waals surface area contributed by atoms with E-state index in [0.717, 1.165) is 10.6 Å². The molecule has 10 heteroatoms. The minimum absolute atomic E-state index is 0.0372. The van der Waals surface area contributed by atoms with Gasteiger partial charge < -0.3 is 18.6 Å². The first-order chi connectivity index (χ1) is 16.5. The summed E-state index contributed by atoms with van der Waals surface area (Å²) in [6.07, 6.45) is 1.04. The Hall–Kier alpha value is -2.91. The fourth-order valence-corrected chi connectivity index (χ4v) is 4.02. The molecular weight excluding hydrogens is 478 g/mol. The summed E-state index contributed by atoms with van der Waals surface area (Å²) in [6.45, 7) is 7.04. The summed E-state index contributed by atoms with van der Waals surface area (Å²) < 4.78 is 22.8. The molecule has 0 saturated carbocycles. The number of carbonyl (C=O) groups excluding carboxylic acids is 1. The Morgan fingerprint density at radius 1 is 1.00 bits per heavy atom. The number of nitrogens with one attached hydrogen (secondary N) is 1. The van der Waals surface area contributed by atoms with Crippen molar-refractivity contribution in [1.29, 1.82) is 0 Å². The first kappa shape index (κ1) is 25.7. The van der Waals surface area contributed by atoms with E-state index in [1.807, 2.05) is 45.0 Å². The first-order valence-corrected chi connectivity index (χ1v) is 12.5. The third-order valence-electron chi connectivity index (χ3n) is 4.46. The first-order valence-electron chi connectivity index (χ1n) is 11.1. The average Bonchev–Trinajstić information content (AvgIpc) is 3.28. The fraction of sp³-hybridized carbons (Fsp3) is 0.375. The van der Waals surface area contributed by atoms with E-state index in [0.29, 0.717) is 60.5 Å². The van der Waals surface area contributed by atoms with E-state index in [9.17, 15) is 4.79 Å². The topological polar surface area (TPSA) is 95.7 Å². The molecule has 3 rings (SSSR count). The van der Waals surface area contributed by atoms with Crippen LogP contribution in [0.4, 0.5) is 6.01 Å². The second-order valence-electron chi connectivity index (χ2n) is 6.97. The summed E-state index contributed by atoms with van der Waals surface area (Å²) in [7, 11) is 0. The quantitative estimate of drug-likeness (QED) is 0.220. The van der Waals surface area contributed by atoms with Crippen LogP contribution in [0.25, 0.3) is 11.5 Å². The molecule has 8 nitrogen and oxygen atoms in total. The van der Waals surface area contributed by atoms with Gasteiger partial charge in [-0.3, -0.25) is 10.1 Å². The SMILES string of the molecule is CCOc1cc(-c2nnc(NC(=O)CCCSc3ccc(Cl)cc3)o2)cc(OCC)c1OCC. The summed E-state index contributed by atoms with van der Waals surface area (Å²) in [5, 5.41) is 11.4. The van der Waals surface area contributed by atoms with Gasteiger partial charge in [-0.15, -0.1) is 16.9 Å². The van der Waals surface area contributed by atoms with Gasteiger partial charge in [-0.2, -0.15) is 0 Å². The van der Waals surface area contributed by atoms with Crippen LogP contribution >= 0.6 is 23.4 Å². The van der Waals surface area contributed by atoms with Gasteiger partial charge in [0.2, 0.25) is 17.5 Å². The molecule has 0 saturated heterocycles. The summed E-state index contributed by atoms with van der Waals surface area (Å²) in [4.78, 5) is 13.4. The van der Waals surface area contributed by atoms with Gasteiger partial charge >= 0.3 is 6.01 Å². The molecule has 1 N–H and O–H groups in total. The van der Waals surface area contributed by atoms with Crippen LogP contribution in [0.1, 0.15) is 33.6 Å². The van der Waals surface area contributed by atoms with Crippen molar-refractivity contribution >= 4 is 35.3 Å². The highest BCUT2D eigenvalue weighted by atomic mass is 35.5. The number of rotatable bonds is 13. The number of anilines is 1. The van der Waals surface area contributed by atoms with Gasteiger partial charge in [-0.25, -0.2) is 0 Å². The van der Waals surface area contributed by atoms with Gasteiger partial charge in [-0.05, 0) is 69.3 Å². The minimum Gasteiger partial charge on any atom is -0.490 e. The Morgan fingerprint density at radius 2 is 1.65 bits per heavy atom. The van der Waals surface area contributed by atoms with Crippen molar-refractivity contribution in [3.05, 3.63) is 41.4 Å². The lowest BCUT2D eigenvalue weighted by molar-refractivity contribution is -0.116. The minimum atomic E-state index is -0.191. The van der Waals surface area contributed by atoms with E-state index >= 15 is 0 Å². The molecular formula is C24H28ClN3O5S. The zero-order valence-corrected chi connectivity index (χ0v) is 21.0. The Kier molecular flexibility index (Phi) is 9.90. The lowest BCUT2D eigenvalue weighted by Gasteiger charge is -2.16. The van der Waals surface area contributed by atoms with E-state index in [2.05, 4.69) is 15.5 Å². The van der Waals surface area contributed by atoms with Gasteiger partial charge in [0, 0.05) is 21.9 Å². The van der Waals surface area contributed by atoms with Gasteiger partial charge in [-0.1, -0.05) is 16.7 Å². The van der Waals surface area contributed by atoms with Crippen LogP contribution in [0.3, 0.4) is 0 Å². The summed E-state index contributed by atoms with van der Waals surface area (Å²) in [5.41, 5.74) is 0.600. The number of thioether (sulfide) groups is 1. The molecule has 0 unspecified atom stereocenters. The predicted molar refractivity (Wildman–Crippen MR) is 133 cm³/mol. The van der Waals surface area contributed by atoms with E-state index in [1.54, 1.807) is 23.9 Å². The molecule has 0 aliphatic heterocycles. The van der Waals surface area contributed by atoms with Gasteiger partial charge in [0.05, 0.1) is 19.8 Å². The molecule has 0 aliphatic rings. The average molecular weight is 506 g/mol. The molecule has 0 fully saturated rings. The molecule has 1 heterocycles. The van der Waals surface area contributed by atoms with Gasteiger partial charge in [0.25, 0.3) is 0 Å². The van der Waals surface area contributed by atoms with Gasteiger partial charge in [0.15, 0.2) is 11.5 Å². The third-order valence-corrected chi connectivity index (χ3v) is 5.81. The number of carbonyl (C=O) groups is 1. The molecule has 2 aromatic carbocycles. The smallest absolute Gasteiger partial charge is 0.322 e. The van der Waals surface area contributed by atoms with Crippen LogP contribution in [0.5, 0.6) is 17.2 Å². The van der Waals surface area contributed by atoms with Crippen LogP contribution in [0.15, 0.2) is 45.7 Å². The highest BCUT2D eigenvalue weighted by Crippen LogP contribution is 2.41. The van der Waals surface area contributed by atoms with Crippen molar-refractivity contribution in [2.24, 2.45) is 0 Å². The normalized spacial score (nSPS) is 10.7. The van der Waals surface area contributed by atoms with Crippen molar-refractivity contribution in [3.63, 3.8) is 0 Å². The second-order valence-corrected chi connectivity index (χ2v) is 8.57. The molecule has 3 aromatic rings. The zero-order chi connectivity index (χ0) is 24.3. The fourth-order valence-electron chi connectivity index (χ4n) is 3.04. The third kappa shape index (κ3) is 7.30. The largest absolute Gasteiger partial charge is 0.490 e. The lowest BCUT2D eigenvalue weighted by atomic mass is 10.2. The summed E-state index contributed by atoms with van der Waals surface area (Å²) >= 11 is 7.57. The van der Waals surface area contributed by atoms with Gasteiger partial charge in [0.1, 0.15) is 0 Å². The number of hydrogen-bond donors (Lipinski definition) is 1. The molecule has 0 spiro atoms. The number of halogens is 1. The van der Waals surface area contributed by atoms with Crippen molar-refractivity contribution in [1.82, 2.24) is 10.2 Å². The summed E-state index contributed by atoms with van der Waals surface area (Å²) in [5.74, 6) is 2.41. The highest BCUT2D eigenvalue weighted by molar-refractivity contribution is 7.99. The molecule has 182 valence electrons. The van der Waals surface area contributed by atoms with Crippen LogP contribution in [0, 0.1) is 0 Å². The maximum absolute atomic E-state index is 12.3. The van der Waals surface area contributed by atoms with E-state index in [1.165, 1.54) is 0 Å². The number of aromatic nitrogens is 2. The Morgan fingerprint density at radius 3 is 2.26 bits per heavy atom. The Bertz CT molecular complexity index is 1050. The summed E-state index contributed by atoms with van der Waals surface area (Å²) in [6, 6.07) is 11.2. The van der Waals surface area contributed by atoms with Crippen molar-refractivity contribution < 1.29 is 23.4 Å². The van der Waals surface area contributed by atoms with E-state index in [-0.39, 0.29) is 17.8 Å². The van der Waals surface area contributed by atoms with Crippen molar-refractivity contribution in [2.75, 3.05) is 30.9 Å². The van der Waals surface area contributed by atoms with Crippen LogP contribution in [-0.2, 0) is 4.79 Å². The molecule has 1 aromatic heterocycles. The monoisotopic (exact) mass is 505 g/mol. The number of hydrogen-bond acceptors (Lipinski definition) is 8. The lowest BCUT2D eigenvalue weighted by Crippen LogP contribution is -2.11. The molecule has 0 aliphatic carbocycles. The Balaban J connectivity index is 1.61. The molecule has 34 heavy (non-hydrogen) atoms. The molecule has 1 amide bonds. The standard InChI is InChI=1S/C24H28ClN3O5S/c1-4-30-19-14-16(15-20(31-5-2)22(19)32-6-3)23-27-28-24(33-23)26-21(29)8-7-13-34-18-11-9-17(25)10-12-18/h9-12,14-15H,4-8,13H2,1-3H3,(H,26,28,29). The maximum atomic E-state index is 12.3. The van der Waals surface area contributed by atoms with E-state index in [4.69, 9.17) is 30.2 Å². The number of amides is 1. The van der Waals surface area contributed by atoms with Crippen LogP contribution in [-0.4, -0.2) is 41.7 Å². The molecule has 0 radical (unpaired) electrons. The highest BCUT2D eigenvalue weighted by Gasteiger charge is 2.19. The van der Waals surface area contributed by atoms with Crippen molar-refractivity contribution in [2.45, 2.75) is 38.5 Å². The predicted octanol–water partition coefficient (Wildman–Crippen LogP) is 6.10.